The molecular weight excluding hydrogens is 441 g/mol. The lowest BCUT2D eigenvalue weighted by atomic mass is 9.65. The van der Waals surface area contributed by atoms with Gasteiger partial charge in [-0.15, -0.1) is 0 Å². The molecule has 0 spiro atoms. The van der Waals surface area contributed by atoms with Crippen LogP contribution < -0.4 is 0 Å². The Morgan fingerprint density at radius 2 is 1.61 bits per heavy atom. The first-order valence-corrected chi connectivity index (χ1v) is 12.7. The number of ether oxygens (including phenoxy) is 1. The summed E-state index contributed by atoms with van der Waals surface area (Å²) in [5, 5.41) is 8.77. The van der Waals surface area contributed by atoms with Gasteiger partial charge in [0, 0.05) is 5.41 Å². The Morgan fingerprint density at radius 3 is 2.12 bits per heavy atom. The van der Waals surface area contributed by atoms with Gasteiger partial charge in [0.2, 0.25) is 0 Å². The number of nitriles is 1. The number of phosphoric ester groups is 1. The van der Waals surface area contributed by atoms with E-state index in [9.17, 15) is 9.36 Å². The van der Waals surface area contributed by atoms with Crippen molar-refractivity contribution in [1.29, 1.82) is 5.26 Å². The molecule has 2 aromatic rings. The van der Waals surface area contributed by atoms with E-state index in [1.54, 1.807) is 6.92 Å². The van der Waals surface area contributed by atoms with Crippen LogP contribution >= 0.6 is 7.82 Å². The minimum atomic E-state index is -4.03. The Labute approximate surface area is 195 Å². The van der Waals surface area contributed by atoms with E-state index < -0.39 is 20.4 Å². The average Bonchev–Trinajstić information content (AvgIpc) is 2.85. The van der Waals surface area contributed by atoms with Crippen LogP contribution in [-0.2, 0) is 33.1 Å². The van der Waals surface area contributed by atoms with Gasteiger partial charge in [0.25, 0.3) is 0 Å². The smallest absolute Gasteiger partial charge is 0.464 e. The van der Waals surface area contributed by atoms with Gasteiger partial charge in [-0.3, -0.25) is 13.6 Å². The summed E-state index contributed by atoms with van der Waals surface area (Å²) in [5.41, 5.74) is 2.31. The molecule has 0 amide bonds. The number of hydrogen-bond donors (Lipinski definition) is 0. The molecule has 1 aliphatic rings. The number of benzene rings is 2. The number of phosphoric acid groups is 1. The topological polar surface area (TPSA) is 94.9 Å². The first-order chi connectivity index (χ1) is 16.0. The monoisotopic (exact) mass is 471 g/mol. The molecule has 176 valence electrons. The summed E-state index contributed by atoms with van der Waals surface area (Å²) in [6.45, 7) is 1.21. The van der Waals surface area contributed by atoms with Crippen LogP contribution in [0, 0.1) is 11.3 Å². The van der Waals surface area contributed by atoms with Crippen molar-refractivity contribution < 1.29 is 27.7 Å². The van der Waals surface area contributed by atoms with Gasteiger partial charge in [-0.2, -0.15) is 5.26 Å². The number of carbonyl (C=O) groups excluding carboxylic acids is 1. The Kier molecular flexibility index (Phi) is 9.22. The van der Waals surface area contributed by atoms with Crippen LogP contribution in [0.5, 0.6) is 0 Å². The van der Waals surface area contributed by atoms with E-state index >= 15 is 0 Å². The van der Waals surface area contributed by atoms with Crippen LogP contribution in [-0.4, -0.2) is 31.9 Å². The maximum absolute atomic E-state index is 13.2. The molecule has 1 unspecified atom stereocenters. The molecule has 3 rings (SSSR count). The summed E-state index contributed by atoms with van der Waals surface area (Å²) in [6.07, 6.45) is 2.53. The maximum Gasteiger partial charge on any atom is 0.475 e. The zero-order valence-corrected chi connectivity index (χ0v) is 19.7. The normalized spacial score (nSPS) is 17.6. The highest BCUT2D eigenvalue weighted by Crippen LogP contribution is 2.54. The lowest BCUT2D eigenvalue weighted by Crippen LogP contribution is -2.35. The van der Waals surface area contributed by atoms with E-state index in [-0.39, 0.29) is 31.2 Å². The highest BCUT2D eigenvalue weighted by atomic mass is 31.2. The van der Waals surface area contributed by atoms with Crippen molar-refractivity contribution >= 4 is 13.8 Å². The summed E-state index contributed by atoms with van der Waals surface area (Å²) in [5.74, 6) is -0.652. The van der Waals surface area contributed by atoms with Crippen molar-refractivity contribution in [2.45, 2.75) is 50.5 Å². The third-order valence-corrected chi connectivity index (χ3v) is 7.33. The van der Waals surface area contributed by atoms with Gasteiger partial charge in [-0.25, -0.2) is 9.36 Å². The molecule has 0 N–H and O–H groups in total. The minimum absolute atomic E-state index is 0.0336. The molecule has 1 saturated carbocycles. The number of hydrogen-bond acceptors (Lipinski definition) is 7. The van der Waals surface area contributed by atoms with Crippen LogP contribution in [0.2, 0.25) is 0 Å². The Hall–Kier alpha value is -2.49. The molecule has 7 nitrogen and oxygen atoms in total. The first kappa shape index (κ1) is 25.1. The van der Waals surface area contributed by atoms with Gasteiger partial charge in [0.15, 0.2) is 6.61 Å². The van der Waals surface area contributed by atoms with E-state index in [0.29, 0.717) is 12.8 Å². The molecule has 1 aliphatic carbocycles. The van der Waals surface area contributed by atoms with Crippen molar-refractivity contribution in [2.75, 3.05) is 19.8 Å². The van der Waals surface area contributed by atoms with Crippen LogP contribution in [0.1, 0.15) is 50.2 Å². The number of esters is 1. The zero-order chi connectivity index (χ0) is 23.6. The van der Waals surface area contributed by atoms with E-state index in [1.807, 2.05) is 42.5 Å². The molecule has 1 atom stereocenters. The number of rotatable bonds is 11. The van der Waals surface area contributed by atoms with Gasteiger partial charge in [0.05, 0.1) is 31.8 Å². The molecule has 0 radical (unpaired) electrons. The standard InChI is InChI=1S/C25H30NO6P/c1-2-29-24(27)20-31-33(28,30-19-9-18-26)32-23-14-16-25(17-15-23,21-10-5-3-6-11-21)22-12-7-4-8-13-22/h3-8,10-13,23H,2,9,14-17,19-20H2,1H3. The highest BCUT2D eigenvalue weighted by Gasteiger charge is 2.41. The quantitative estimate of drug-likeness (QED) is 0.241. The zero-order valence-electron chi connectivity index (χ0n) is 18.9. The lowest BCUT2D eigenvalue weighted by molar-refractivity contribution is -0.146. The van der Waals surface area contributed by atoms with Gasteiger partial charge in [0.1, 0.15) is 0 Å². The maximum atomic E-state index is 13.2. The first-order valence-electron chi connectivity index (χ1n) is 11.2. The van der Waals surface area contributed by atoms with Gasteiger partial charge in [-0.05, 0) is 43.7 Å². The van der Waals surface area contributed by atoms with Crippen molar-refractivity contribution in [3.8, 4) is 6.07 Å². The molecule has 0 heterocycles. The predicted molar refractivity (Wildman–Crippen MR) is 123 cm³/mol. The van der Waals surface area contributed by atoms with Crippen molar-refractivity contribution in [1.82, 2.24) is 0 Å². The lowest BCUT2D eigenvalue weighted by Gasteiger charge is -2.41. The van der Waals surface area contributed by atoms with Gasteiger partial charge in [-0.1, -0.05) is 60.7 Å². The highest BCUT2D eigenvalue weighted by molar-refractivity contribution is 7.48. The summed E-state index contributed by atoms with van der Waals surface area (Å²) in [7, 11) is -4.03. The molecule has 2 aromatic carbocycles. The summed E-state index contributed by atoms with van der Waals surface area (Å²) in [6, 6.07) is 22.7. The molecular formula is C25H30NO6P. The second kappa shape index (κ2) is 12.1. The second-order valence-electron chi connectivity index (χ2n) is 7.89. The van der Waals surface area contributed by atoms with E-state index in [0.717, 1.165) is 12.8 Å². The van der Waals surface area contributed by atoms with E-state index in [1.165, 1.54) is 11.1 Å². The molecule has 1 fully saturated rings. The number of carbonyl (C=O) groups is 1. The van der Waals surface area contributed by atoms with Crippen molar-refractivity contribution in [3.63, 3.8) is 0 Å². The molecule has 0 aliphatic heterocycles. The van der Waals surface area contributed by atoms with Gasteiger partial charge >= 0.3 is 13.8 Å². The Morgan fingerprint density at radius 1 is 1.03 bits per heavy atom. The van der Waals surface area contributed by atoms with Gasteiger partial charge < -0.3 is 4.74 Å². The summed E-state index contributed by atoms with van der Waals surface area (Å²) < 4.78 is 34.4. The second-order valence-corrected chi connectivity index (χ2v) is 9.51. The summed E-state index contributed by atoms with van der Waals surface area (Å²) in [4.78, 5) is 11.7. The molecule has 0 saturated heterocycles. The fraction of sp³-hybridized carbons (Fsp3) is 0.440. The van der Waals surface area contributed by atoms with E-state index in [4.69, 9.17) is 23.6 Å². The third kappa shape index (κ3) is 6.75. The SMILES string of the molecule is CCOC(=O)COP(=O)(OCCC#N)OC1CCC(c2ccccc2)(c2ccccc2)CC1. The fourth-order valence-electron chi connectivity index (χ4n) is 4.27. The summed E-state index contributed by atoms with van der Waals surface area (Å²) >= 11 is 0. The Balaban J connectivity index is 1.72. The minimum Gasteiger partial charge on any atom is -0.464 e. The van der Waals surface area contributed by atoms with Crippen molar-refractivity contribution in [3.05, 3.63) is 71.8 Å². The van der Waals surface area contributed by atoms with Crippen LogP contribution in [0.25, 0.3) is 0 Å². The fourth-order valence-corrected chi connectivity index (χ4v) is 5.62. The van der Waals surface area contributed by atoms with Crippen LogP contribution in [0.3, 0.4) is 0 Å². The number of nitrogens with zero attached hydrogens (tertiary/aromatic N) is 1. The average molecular weight is 471 g/mol. The Bertz CT molecular complexity index is 926. The molecule has 0 bridgehead atoms. The molecule has 8 heteroatoms. The molecule has 0 aromatic heterocycles. The largest absolute Gasteiger partial charge is 0.475 e. The van der Waals surface area contributed by atoms with Crippen LogP contribution in [0.15, 0.2) is 60.7 Å². The van der Waals surface area contributed by atoms with Crippen LogP contribution in [0.4, 0.5) is 0 Å². The van der Waals surface area contributed by atoms with E-state index in [2.05, 4.69) is 24.3 Å². The van der Waals surface area contributed by atoms with Crippen molar-refractivity contribution in [2.24, 2.45) is 0 Å². The third-order valence-electron chi connectivity index (χ3n) is 5.83. The predicted octanol–water partition coefficient (Wildman–Crippen LogP) is 5.55. The molecule has 33 heavy (non-hydrogen) atoms.